The lowest BCUT2D eigenvalue weighted by Crippen LogP contribution is -2.54. The van der Waals surface area contributed by atoms with E-state index in [-0.39, 0.29) is 12.0 Å². The third-order valence-electron chi connectivity index (χ3n) is 5.53. The summed E-state index contributed by atoms with van der Waals surface area (Å²) in [6.07, 6.45) is 5.44. The average molecular weight is 291 g/mol. The number of rotatable bonds is 2. The van der Waals surface area contributed by atoms with Gasteiger partial charge in [-0.05, 0) is 57.5 Å². The number of amides is 1. The van der Waals surface area contributed by atoms with Gasteiger partial charge in [0.1, 0.15) is 0 Å². The van der Waals surface area contributed by atoms with E-state index in [9.17, 15) is 4.79 Å². The molecule has 116 valence electrons. The van der Waals surface area contributed by atoms with E-state index < -0.39 is 0 Å². The Morgan fingerprint density at radius 1 is 1.33 bits per heavy atom. The van der Waals surface area contributed by atoms with E-state index in [4.69, 9.17) is 10.00 Å². The van der Waals surface area contributed by atoms with E-state index in [1.54, 1.807) is 0 Å². The molecule has 2 heterocycles. The summed E-state index contributed by atoms with van der Waals surface area (Å²) >= 11 is 0. The Labute approximate surface area is 126 Å². The van der Waals surface area contributed by atoms with Crippen LogP contribution in [0.1, 0.15) is 39.0 Å². The lowest BCUT2D eigenvalue weighted by molar-refractivity contribution is -0.00600. The van der Waals surface area contributed by atoms with Crippen molar-refractivity contribution in [3.8, 4) is 6.07 Å². The number of hydrogen-bond acceptors (Lipinski definition) is 4. The number of hydrogen-bond donors (Lipinski definition) is 0. The van der Waals surface area contributed by atoms with Gasteiger partial charge in [-0.25, -0.2) is 4.79 Å². The zero-order valence-electron chi connectivity index (χ0n) is 12.9. The Balaban J connectivity index is 1.46. The number of carbonyl (C=O) groups is 1. The zero-order valence-corrected chi connectivity index (χ0v) is 12.9. The van der Waals surface area contributed by atoms with Gasteiger partial charge in [-0.1, -0.05) is 0 Å². The van der Waals surface area contributed by atoms with Crippen LogP contribution in [0, 0.1) is 22.7 Å². The normalized spacial score (nSPS) is 33.7. The molecule has 1 spiro atoms. The summed E-state index contributed by atoms with van der Waals surface area (Å²) in [6.45, 7) is 6.17. The Morgan fingerprint density at radius 3 is 2.67 bits per heavy atom. The van der Waals surface area contributed by atoms with Crippen LogP contribution in [0.25, 0.3) is 0 Å². The molecular formula is C16H25N3O2. The SMILES string of the molecule is CCOC(=O)N1CCC2(CC(N3CCC(C#N)CC3)C2)C1. The fourth-order valence-electron chi connectivity index (χ4n) is 4.23. The molecule has 0 aromatic rings. The summed E-state index contributed by atoms with van der Waals surface area (Å²) in [5.74, 6) is 0.265. The minimum atomic E-state index is -0.146. The molecule has 0 bridgehead atoms. The third-order valence-corrected chi connectivity index (χ3v) is 5.53. The molecular weight excluding hydrogens is 266 g/mol. The number of nitriles is 1. The number of piperidine rings is 1. The van der Waals surface area contributed by atoms with Crippen LogP contribution in [-0.4, -0.2) is 54.7 Å². The number of nitrogens with zero attached hydrogens (tertiary/aromatic N) is 3. The quantitative estimate of drug-likeness (QED) is 0.783. The van der Waals surface area contributed by atoms with E-state index in [2.05, 4.69) is 11.0 Å². The molecule has 1 saturated carbocycles. The van der Waals surface area contributed by atoms with Crippen LogP contribution in [0.5, 0.6) is 0 Å². The number of likely N-dealkylation sites (tertiary alicyclic amines) is 2. The molecule has 3 fully saturated rings. The van der Waals surface area contributed by atoms with E-state index in [1.807, 2.05) is 11.8 Å². The monoisotopic (exact) mass is 291 g/mol. The Morgan fingerprint density at radius 2 is 2.05 bits per heavy atom. The topological polar surface area (TPSA) is 56.6 Å². The lowest BCUT2D eigenvalue weighted by atomic mass is 9.64. The predicted molar refractivity (Wildman–Crippen MR) is 78.6 cm³/mol. The first kappa shape index (κ1) is 14.6. The summed E-state index contributed by atoms with van der Waals surface area (Å²) in [5, 5.41) is 8.96. The fourth-order valence-corrected chi connectivity index (χ4v) is 4.23. The van der Waals surface area contributed by atoms with Crippen LogP contribution in [0.2, 0.25) is 0 Å². The first-order valence-corrected chi connectivity index (χ1v) is 8.21. The zero-order chi connectivity index (χ0) is 14.9. The Bertz CT molecular complexity index is 431. The maximum atomic E-state index is 11.8. The van der Waals surface area contributed by atoms with Gasteiger partial charge in [0.05, 0.1) is 12.7 Å². The minimum absolute atomic E-state index is 0.146. The maximum absolute atomic E-state index is 11.8. The first-order chi connectivity index (χ1) is 10.2. The van der Waals surface area contributed by atoms with Crippen LogP contribution >= 0.6 is 0 Å². The summed E-state index contributed by atoms with van der Waals surface area (Å²) in [5.41, 5.74) is 0.351. The molecule has 3 rings (SSSR count). The van der Waals surface area contributed by atoms with Crippen molar-refractivity contribution in [1.29, 1.82) is 5.26 Å². The van der Waals surface area contributed by atoms with Crippen molar-refractivity contribution in [3.05, 3.63) is 0 Å². The van der Waals surface area contributed by atoms with Crippen molar-refractivity contribution in [2.24, 2.45) is 11.3 Å². The Hall–Kier alpha value is -1.28. The van der Waals surface area contributed by atoms with Crippen LogP contribution in [-0.2, 0) is 4.74 Å². The van der Waals surface area contributed by atoms with Crippen molar-refractivity contribution in [1.82, 2.24) is 9.80 Å². The van der Waals surface area contributed by atoms with E-state index in [0.717, 1.165) is 45.4 Å². The first-order valence-electron chi connectivity index (χ1n) is 8.21. The van der Waals surface area contributed by atoms with Gasteiger partial charge >= 0.3 is 6.09 Å². The molecule has 0 radical (unpaired) electrons. The molecule has 0 unspecified atom stereocenters. The van der Waals surface area contributed by atoms with Gasteiger partial charge in [0.2, 0.25) is 0 Å². The molecule has 21 heavy (non-hydrogen) atoms. The number of ether oxygens (including phenoxy) is 1. The van der Waals surface area contributed by atoms with Gasteiger partial charge in [0.15, 0.2) is 0 Å². The van der Waals surface area contributed by atoms with Crippen LogP contribution < -0.4 is 0 Å². The highest BCUT2D eigenvalue weighted by Crippen LogP contribution is 2.50. The van der Waals surface area contributed by atoms with Crippen molar-refractivity contribution < 1.29 is 9.53 Å². The van der Waals surface area contributed by atoms with Crippen LogP contribution in [0.3, 0.4) is 0 Å². The predicted octanol–water partition coefficient (Wildman–Crippen LogP) is 2.23. The fraction of sp³-hybridized carbons (Fsp3) is 0.875. The maximum Gasteiger partial charge on any atom is 0.409 e. The molecule has 0 aromatic heterocycles. The third kappa shape index (κ3) is 2.87. The van der Waals surface area contributed by atoms with Crippen molar-refractivity contribution >= 4 is 6.09 Å². The second-order valence-electron chi connectivity index (χ2n) is 6.87. The molecule has 0 aromatic carbocycles. The largest absolute Gasteiger partial charge is 0.450 e. The summed E-state index contributed by atoms with van der Waals surface area (Å²) < 4.78 is 5.10. The summed E-state index contributed by atoms with van der Waals surface area (Å²) in [7, 11) is 0. The van der Waals surface area contributed by atoms with Crippen LogP contribution in [0.4, 0.5) is 4.79 Å². The summed E-state index contributed by atoms with van der Waals surface area (Å²) in [6, 6.07) is 3.07. The molecule has 1 aliphatic carbocycles. The standard InChI is InChI=1S/C16H25N3O2/c1-2-21-15(20)19-8-5-16(12-19)9-14(10-16)18-6-3-13(11-17)4-7-18/h13-14H,2-10,12H2,1H3. The highest BCUT2D eigenvalue weighted by molar-refractivity contribution is 5.68. The van der Waals surface area contributed by atoms with E-state index in [1.165, 1.54) is 12.8 Å². The summed E-state index contributed by atoms with van der Waals surface area (Å²) in [4.78, 5) is 16.2. The van der Waals surface area contributed by atoms with E-state index in [0.29, 0.717) is 18.1 Å². The molecule has 0 N–H and O–H groups in total. The second-order valence-corrected chi connectivity index (χ2v) is 6.87. The van der Waals surface area contributed by atoms with Gasteiger partial charge in [-0.15, -0.1) is 0 Å². The van der Waals surface area contributed by atoms with E-state index >= 15 is 0 Å². The molecule has 5 heteroatoms. The smallest absolute Gasteiger partial charge is 0.409 e. The number of carbonyl (C=O) groups excluding carboxylic acids is 1. The second kappa shape index (κ2) is 5.84. The van der Waals surface area contributed by atoms with Crippen molar-refractivity contribution in [3.63, 3.8) is 0 Å². The van der Waals surface area contributed by atoms with Crippen molar-refractivity contribution in [2.75, 3.05) is 32.8 Å². The molecule has 2 saturated heterocycles. The van der Waals surface area contributed by atoms with Gasteiger partial charge in [0, 0.05) is 25.0 Å². The van der Waals surface area contributed by atoms with Crippen LogP contribution in [0.15, 0.2) is 0 Å². The van der Waals surface area contributed by atoms with Crippen molar-refractivity contribution in [2.45, 2.75) is 45.1 Å². The van der Waals surface area contributed by atoms with Gasteiger partial charge in [0.25, 0.3) is 0 Å². The molecule has 2 aliphatic heterocycles. The van der Waals surface area contributed by atoms with Gasteiger partial charge in [-0.2, -0.15) is 5.26 Å². The average Bonchev–Trinajstić information content (AvgIpc) is 2.92. The lowest BCUT2D eigenvalue weighted by Gasteiger charge is -2.51. The minimum Gasteiger partial charge on any atom is -0.450 e. The molecule has 1 amide bonds. The van der Waals surface area contributed by atoms with Gasteiger partial charge in [-0.3, -0.25) is 0 Å². The molecule has 5 nitrogen and oxygen atoms in total. The highest BCUT2D eigenvalue weighted by Gasteiger charge is 2.51. The molecule has 3 aliphatic rings. The molecule has 0 atom stereocenters. The highest BCUT2D eigenvalue weighted by atomic mass is 16.6. The van der Waals surface area contributed by atoms with Gasteiger partial charge < -0.3 is 14.5 Å². The Kier molecular flexibility index (Phi) is 4.08.